The van der Waals surface area contributed by atoms with Gasteiger partial charge in [0.15, 0.2) is 0 Å². The van der Waals surface area contributed by atoms with Gasteiger partial charge in [0.25, 0.3) is 5.91 Å². The number of carboxylic acid groups (broad SMARTS) is 1. The van der Waals surface area contributed by atoms with E-state index >= 15 is 0 Å². The Bertz CT molecular complexity index is 502. The molecular formula is C13H17N3O3. The second kappa shape index (κ2) is 5.26. The molecule has 1 saturated heterocycles. The molecule has 0 aliphatic carbocycles. The quantitative estimate of drug-likeness (QED) is 0.874. The second-order valence-corrected chi connectivity index (χ2v) is 4.79. The van der Waals surface area contributed by atoms with E-state index in [1.807, 2.05) is 19.0 Å². The molecular weight excluding hydrogens is 246 g/mol. The highest BCUT2D eigenvalue weighted by Crippen LogP contribution is 2.21. The highest BCUT2D eigenvalue weighted by molar-refractivity contribution is 5.96. The van der Waals surface area contributed by atoms with E-state index in [0.717, 1.165) is 12.1 Å². The zero-order chi connectivity index (χ0) is 14.0. The Morgan fingerprint density at radius 3 is 2.84 bits per heavy atom. The summed E-state index contributed by atoms with van der Waals surface area (Å²) in [5.41, 5.74) is 1.16. The summed E-state index contributed by atoms with van der Waals surface area (Å²) >= 11 is 0. The summed E-state index contributed by atoms with van der Waals surface area (Å²) in [4.78, 5) is 30.7. The number of aliphatic carboxylic acids is 1. The molecule has 1 aliphatic heterocycles. The fourth-order valence-electron chi connectivity index (χ4n) is 2.23. The minimum absolute atomic E-state index is 0.291. The Hall–Kier alpha value is -2.11. The maximum absolute atomic E-state index is 12.3. The van der Waals surface area contributed by atoms with Gasteiger partial charge in [0.2, 0.25) is 0 Å². The maximum Gasteiger partial charge on any atom is 0.326 e. The van der Waals surface area contributed by atoms with E-state index in [2.05, 4.69) is 4.98 Å². The summed E-state index contributed by atoms with van der Waals surface area (Å²) in [6.07, 6.45) is 2.79. The number of aromatic nitrogens is 1. The molecule has 1 atom stereocenters. The Labute approximate surface area is 111 Å². The van der Waals surface area contributed by atoms with Gasteiger partial charge in [-0.15, -0.1) is 0 Å². The monoisotopic (exact) mass is 263 g/mol. The van der Waals surface area contributed by atoms with Crippen molar-refractivity contribution in [2.24, 2.45) is 0 Å². The van der Waals surface area contributed by atoms with E-state index in [9.17, 15) is 9.59 Å². The zero-order valence-electron chi connectivity index (χ0n) is 11.0. The maximum atomic E-state index is 12.3. The molecule has 0 radical (unpaired) electrons. The molecule has 1 aliphatic rings. The highest BCUT2D eigenvalue weighted by Gasteiger charge is 2.34. The molecule has 6 heteroatoms. The Morgan fingerprint density at radius 2 is 2.21 bits per heavy atom. The average molecular weight is 263 g/mol. The lowest BCUT2D eigenvalue weighted by Crippen LogP contribution is -2.40. The predicted molar refractivity (Wildman–Crippen MR) is 70.3 cm³/mol. The van der Waals surface area contributed by atoms with Gasteiger partial charge < -0.3 is 14.9 Å². The zero-order valence-corrected chi connectivity index (χ0v) is 11.0. The topological polar surface area (TPSA) is 73.7 Å². The summed E-state index contributed by atoms with van der Waals surface area (Å²) in [6, 6.07) is 2.76. The number of pyridine rings is 1. The normalized spacial score (nSPS) is 18.4. The predicted octanol–water partition coefficient (Wildman–Crippen LogP) is 0.837. The molecule has 1 N–H and O–H groups in total. The molecule has 102 valence electrons. The van der Waals surface area contributed by atoms with Gasteiger partial charge in [-0.05, 0) is 25.0 Å². The summed E-state index contributed by atoms with van der Waals surface area (Å²) in [7, 11) is 3.75. The summed E-state index contributed by atoms with van der Waals surface area (Å²) in [6.45, 7) is 0.476. The van der Waals surface area contributed by atoms with Crippen molar-refractivity contribution in [1.82, 2.24) is 9.88 Å². The van der Waals surface area contributed by atoms with E-state index in [4.69, 9.17) is 5.11 Å². The van der Waals surface area contributed by atoms with Crippen molar-refractivity contribution >= 4 is 17.6 Å². The number of nitrogens with zero attached hydrogens (tertiary/aromatic N) is 3. The van der Waals surface area contributed by atoms with Gasteiger partial charge in [0, 0.05) is 32.5 Å². The van der Waals surface area contributed by atoms with Crippen LogP contribution in [0.2, 0.25) is 0 Å². The molecule has 1 unspecified atom stereocenters. The molecule has 19 heavy (non-hydrogen) atoms. The van der Waals surface area contributed by atoms with Gasteiger partial charge in [-0.1, -0.05) is 0 Å². The van der Waals surface area contributed by atoms with Crippen LogP contribution in [0, 0.1) is 0 Å². The number of hydrogen-bond acceptors (Lipinski definition) is 4. The molecule has 1 fully saturated rings. The molecule has 0 saturated carbocycles. The fraction of sp³-hybridized carbons (Fsp3) is 0.462. The number of carbonyl (C=O) groups is 2. The van der Waals surface area contributed by atoms with Crippen molar-refractivity contribution in [1.29, 1.82) is 0 Å². The molecule has 1 aromatic rings. The average Bonchev–Trinajstić information content (AvgIpc) is 2.87. The van der Waals surface area contributed by atoms with Gasteiger partial charge in [0.05, 0.1) is 0 Å². The lowest BCUT2D eigenvalue weighted by Gasteiger charge is -2.21. The molecule has 2 heterocycles. The van der Waals surface area contributed by atoms with Crippen LogP contribution in [0.1, 0.15) is 23.3 Å². The Balaban J connectivity index is 2.24. The first-order valence-electron chi connectivity index (χ1n) is 6.18. The third kappa shape index (κ3) is 2.67. The molecule has 0 spiro atoms. The number of carbonyl (C=O) groups excluding carboxylic acids is 1. The van der Waals surface area contributed by atoms with Crippen LogP contribution < -0.4 is 4.90 Å². The van der Waals surface area contributed by atoms with Crippen LogP contribution in [-0.4, -0.2) is 53.5 Å². The van der Waals surface area contributed by atoms with E-state index in [-0.39, 0.29) is 5.91 Å². The molecule has 1 amide bonds. The van der Waals surface area contributed by atoms with E-state index in [1.165, 1.54) is 4.90 Å². The number of amides is 1. The smallest absolute Gasteiger partial charge is 0.326 e. The van der Waals surface area contributed by atoms with Crippen LogP contribution in [0.5, 0.6) is 0 Å². The molecule has 1 aromatic heterocycles. The lowest BCUT2D eigenvalue weighted by molar-refractivity contribution is -0.141. The first kappa shape index (κ1) is 13.3. The van der Waals surface area contributed by atoms with Crippen LogP contribution in [-0.2, 0) is 4.79 Å². The van der Waals surface area contributed by atoms with Crippen molar-refractivity contribution in [3.63, 3.8) is 0 Å². The SMILES string of the molecule is CN(C)c1ccnc(C(=O)N2CCCC2C(=O)O)c1. The number of carboxylic acids is 1. The third-order valence-corrected chi connectivity index (χ3v) is 3.28. The van der Waals surface area contributed by atoms with E-state index in [1.54, 1.807) is 18.3 Å². The number of anilines is 1. The van der Waals surface area contributed by atoms with Gasteiger partial charge in [0.1, 0.15) is 11.7 Å². The minimum Gasteiger partial charge on any atom is -0.480 e. The van der Waals surface area contributed by atoms with Gasteiger partial charge >= 0.3 is 5.97 Å². The van der Waals surface area contributed by atoms with Crippen molar-refractivity contribution in [3.8, 4) is 0 Å². The van der Waals surface area contributed by atoms with Crippen molar-refractivity contribution in [3.05, 3.63) is 24.0 Å². The first-order chi connectivity index (χ1) is 9.00. The molecule has 6 nitrogen and oxygen atoms in total. The summed E-state index contributed by atoms with van der Waals surface area (Å²) < 4.78 is 0. The fourth-order valence-corrected chi connectivity index (χ4v) is 2.23. The van der Waals surface area contributed by atoms with E-state index < -0.39 is 12.0 Å². The van der Waals surface area contributed by atoms with Crippen molar-refractivity contribution < 1.29 is 14.7 Å². The number of hydrogen-bond donors (Lipinski definition) is 1. The lowest BCUT2D eigenvalue weighted by atomic mass is 10.2. The number of likely N-dealkylation sites (tertiary alicyclic amines) is 1. The van der Waals surface area contributed by atoms with Crippen LogP contribution in [0.15, 0.2) is 18.3 Å². The summed E-state index contributed by atoms with van der Waals surface area (Å²) in [5.74, 6) is -1.26. The van der Waals surface area contributed by atoms with Crippen molar-refractivity contribution in [2.75, 3.05) is 25.5 Å². The minimum atomic E-state index is -0.949. The first-order valence-corrected chi connectivity index (χ1v) is 6.18. The van der Waals surface area contributed by atoms with Crippen LogP contribution >= 0.6 is 0 Å². The number of rotatable bonds is 3. The Morgan fingerprint density at radius 1 is 1.47 bits per heavy atom. The Kier molecular flexibility index (Phi) is 3.69. The van der Waals surface area contributed by atoms with Crippen LogP contribution in [0.3, 0.4) is 0 Å². The van der Waals surface area contributed by atoms with Crippen LogP contribution in [0.4, 0.5) is 5.69 Å². The molecule has 0 aromatic carbocycles. The summed E-state index contributed by atoms with van der Waals surface area (Å²) in [5, 5.41) is 9.10. The largest absolute Gasteiger partial charge is 0.480 e. The van der Waals surface area contributed by atoms with Gasteiger partial charge in [-0.2, -0.15) is 0 Å². The highest BCUT2D eigenvalue weighted by atomic mass is 16.4. The standard InChI is InChI=1S/C13H17N3O3/c1-15(2)9-5-6-14-10(8-9)12(17)16-7-3-4-11(16)13(18)19/h5-6,8,11H,3-4,7H2,1-2H3,(H,18,19). The van der Waals surface area contributed by atoms with Crippen LogP contribution in [0.25, 0.3) is 0 Å². The molecule has 0 bridgehead atoms. The second-order valence-electron chi connectivity index (χ2n) is 4.79. The molecule has 2 rings (SSSR count). The van der Waals surface area contributed by atoms with Gasteiger partial charge in [-0.25, -0.2) is 4.79 Å². The van der Waals surface area contributed by atoms with Crippen molar-refractivity contribution in [2.45, 2.75) is 18.9 Å². The van der Waals surface area contributed by atoms with Gasteiger partial charge in [-0.3, -0.25) is 9.78 Å². The van der Waals surface area contributed by atoms with E-state index in [0.29, 0.717) is 18.7 Å². The third-order valence-electron chi connectivity index (χ3n) is 3.28.